The van der Waals surface area contributed by atoms with Gasteiger partial charge in [0.1, 0.15) is 0 Å². The highest BCUT2D eigenvalue weighted by Crippen LogP contribution is 2.08. The lowest BCUT2D eigenvalue weighted by Crippen LogP contribution is -2.22. The highest BCUT2D eigenvalue weighted by atomic mass is 16.5. The zero-order chi connectivity index (χ0) is 15.2. The molecule has 0 bridgehead atoms. The maximum absolute atomic E-state index is 11.9. The van der Waals surface area contributed by atoms with Gasteiger partial charge in [0.25, 0.3) is 5.91 Å². The summed E-state index contributed by atoms with van der Waals surface area (Å²) < 4.78 is 4.62. The third-order valence-electron chi connectivity index (χ3n) is 3.00. The van der Waals surface area contributed by atoms with Crippen LogP contribution in [0.25, 0.3) is 0 Å². The summed E-state index contributed by atoms with van der Waals surface area (Å²) in [4.78, 5) is 23.2. The molecule has 0 atom stereocenters. The molecule has 5 nitrogen and oxygen atoms in total. The topological polar surface area (TPSA) is 81.4 Å². The molecule has 108 valence electrons. The first-order chi connectivity index (χ1) is 10.1. The van der Waals surface area contributed by atoms with Crippen molar-refractivity contribution in [2.45, 2.75) is 6.54 Å². The lowest BCUT2D eigenvalue weighted by Gasteiger charge is -2.06. The molecule has 0 aliphatic carbocycles. The van der Waals surface area contributed by atoms with E-state index in [2.05, 4.69) is 10.1 Å². The van der Waals surface area contributed by atoms with Crippen LogP contribution in [0.1, 0.15) is 26.3 Å². The Balaban J connectivity index is 1.95. The number of hydrogen-bond donors (Lipinski definition) is 2. The molecule has 21 heavy (non-hydrogen) atoms. The van der Waals surface area contributed by atoms with Gasteiger partial charge < -0.3 is 15.8 Å². The van der Waals surface area contributed by atoms with Gasteiger partial charge in [-0.2, -0.15) is 0 Å². The van der Waals surface area contributed by atoms with E-state index in [0.717, 1.165) is 5.56 Å². The minimum Gasteiger partial charge on any atom is -0.465 e. The van der Waals surface area contributed by atoms with Gasteiger partial charge in [0.15, 0.2) is 0 Å². The molecule has 2 aromatic carbocycles. The van der Waals surface area contributed by atoms with Crippen molar-refractivity contribution in [1.29, 1.82) is 0 Å². The van der Waals surface area contributed by atoms with Crippen molar-refractivity contribution in [3.8, 4) is 0 Å². The highest BCUT2D eigenvalue weighted by Gasteiger charge is 2.06. The maximum atomic E-state index is 11.9. The second-order valence-corrected chi connectivity index (χ2v) is 4.49. The molecule has 2 aromatic rings. The summed E-state index contributed by atoms with van der Waals surface area (Å²) in [6, 6.07) is 13.6. The first-order valence-corrected chi connectivity index (χ1v) is 6.41. The van der Waals surface area contributed by atoms with Gasteiger partial charge in [-0.25, -0.2) is 4.79 Å². The lowest BCUT2D eigenvalue weighted by atomic mass is 10.1. The Morgan fingerprint density at radius 2 is 1.57 bits per heavy atom. The SMILES string of the molecule is COC(=O)c1ccc(CNC(=O)c2ccc(N)cc2)cc1. The molecule has 0 fully saturated rings. The van der Waals surface area contributed by atoms with Crippen LogP contribution in [0, 0.1) is 0 Å². The molecule has 1 amide bonds. The largest absolute Gasteiger partial charge is 0.465 e. The summed E-state index contributed by atoms with van der Waals surface area (Å²) in [5.41, 5.74) is 8.11. The van der Waals surface area contributed by atoms with Crippen molar-refractivity contribution in [1.82, 2.24) is 5.32 Å². The van der Waals surface area contributed by atoms with E-state index in [4.69, 9.17) is 5.73 Å². The van der Waals surface area contributed by atoms with Crippen LogP contribution in [-0.4, -0.2) is 19.0 Å². The number of nitrogens with two attached hydrogens (primary N) is 1. The predicted molar refractivity (Wildman–Crippen MR) is 79.8 cm³/mol. The van der Waals surface area contributed by atoms with Crippen molar-refractivity contribution in [2.24, 2.45) is 0 Å². The molecule has 0 radical (unpaired) electrons. The number of benzene rings is 2. The van der Waals surface area contributed by atoms with Gasteiger partial charge in [-0.1, -0.05) is 12.1 Å². The first-order valence-electron chi connectivity index (χ1n) is 6.41. The van der Waals surface area contributed by atoms with Crippen LogP contribution in [0.5, 0.6) is 0 Å². The maximum Gasteiger partial charge on any atom is 0.337 e. The molecular formula is C16H16N2O3. The molecular weight excluding hydrogens is 268 g/mol. The summed E-state index contributed by atoms with van der Waals surface area (Å²) in [7, 11) is 1.34. The van der Waals surface area contributed by atoms with E-state index in [9.17, 15) is 9.59 Å². The number of rotatable bonds is 4. The smallest absolute Gasteiger partial charge is 0.337 e. The van der Waals surface area contributed by atoms with Crippen LogP contribution in [0.2, 0.25) is 0 Å². The van der Waals surface area contributed by atoms with E-state index < -0.39 is 0 Å². The van der Waals surface area contributed by atoms with Gasteiger partial charge in [-0.15, -0.1) is 0 Å². The molecule has 2 rings (SSSR count). The minimum absolute atomic E-state index is 0.174. The summed E-state index contributed by atoms with van der Waals surface area (Å²) in [5.74, 6) is -0.556. The zero-order valence-electron chi connectivity index (χ0n) is 11.6. The van der Waals surface area contributed by atoms with Crippen LogP contribution in [0.3, 0.4) is 0 Å². The van der Waals surface area contributed by atoms with Crippen LogP contribution in [-0.2, 0) is 11.3 Å². The molecule has 0 spiro atoms. The second-order valence-electron chi connectivity index (χ2n) is 4.49. The molecule has 0 aliphatic heterocycles. The van der Waals surface area contributed by atoms with E-state index in [1.807, 2.05) is 0 Å². The Morgan fingerprint density at radius 3 is 2.14 bits per heavy atom. The molecule has 0 aromatic heterocycles. The summed E-state index contributed by atoms with van der Waals surface area (Å²) in [6.07, 6.45) is 0. The van der Waals surface area contributed by atoms with Gasteiger partial charge >= 0.3 is 5.97 Å². The van der Waals surface area contributed by atoms with Crippen LogP contribution in [0.4, 0.5) is 5.69 Å². The van der Waals surface area contributed by atoms with Crippen molar-refractivity contribution in [3.05, 3.63) is 65.2 Å². The van der Waals surface area contributed by atoms with E-state index >= 15 is 0 Å². The van der Waals surface area contributed by atoms with E-state index in [1.165, 1.54) is 7.11 Å². The number of nitrogen functional groups attached to an aromatic ring is 1. The average Bonchev–Trinajstić information content (AvgIpc) is 2.53. The van der Waals surface area contributed by atoms with Crippen molar-refractivity contribution in [3.63, 3.8) is 0 Å². The molecule has 0 heterocycles. The monoisotopic (exact) mass is 284 g/mol. The number of carbonyl (C=O) groups excluding carboxylic acids is 2. The number of carbonyl (C=O) groups is 2. The standard InChI is InChI=1S/C16H16N2O3/c1-21-16(20)13-4-2-11(3-5-13)10-18-15(19)12-6-8-14(17)9-7-12/h2-9H,10,17H2,1H3,(H,18,19). The van der Waals surface area contributed by atoms with Crippen LogP contribution < -0.4 is 11.1 Å². The Kier molecular flexibility index (Phi) is 4.56. The van der Waals surface area contributed by atoms with Gasteiger partial charge in [0.2, 0.25) is 0 Å². The Hall–Kier alpha value is -2.82. The normalized spacial score (nSPS) is 9.95. The number of amides is 1. The molecule has 0 unspecified atom stereocenters. The quantitative estimate of drug-likeness (QED) is 0.664. The van der Waals surface area contributed by atoms with Crippen LogP contribution >= 0.6 is 0 Å². The van der Waals surface area contributed by atoms with Gasteiger partial charge in [-0.05, 0) is 42.0 Å². The Labute approximate surface area is 122 Å². The molecule has 5 heteroatoms. The fourth-order valence-electron chi connectivity index (χ4n) is 1.80. The van der Waals surface area contributed by atoms with Crippen molar-refractivity contribution in [2.75, 3.05) is 12.8 Å². The second kappa shape index (κ2) is 6.56. The zero-order valence-corrected chi connectivity index (χ0v) is 11.6. The number of methoxy groups -OCH3 is 1. The number of esters is 1. The minimum atomic E-state index is -0.382. The van der Waals surface area contributed by atoms with Gasteiger partial charge in [0, 0.05) is 17.8 Å². The number of anilines is 1. The third-order valence-corrected chi connectivity index (χ3v) is 3.00. The Bertz CT molecular complexity index is 634. The van der Waals surface area contributed by atoms with Gasteiger partial charge in [0.05, 0.1) is 12.7 Å². The molecule has 3 N–H and O–H groups in total. The fraction of sp³-hybridized carbons (Fsp3) is 0.125. The molecule has 0 saturated heterocycles. The van der Waals surface area contributed by atoms with Crippen LogP contribution in [0.15, 0.2) is 48.5 Å². The first kappa shape index (κ1) is 14.6. The highest BCUT2D eigenvalue weighted by molar-refractivity contribution is 5.94. The third kappa shape index (κ3) is 3.82. The van der Waals surface area contributed by atoms with E-state index in [1.54, 1.807) is 48.5 Å². The number of nitrogens with one attached hydrogen (secondary N) is 1. The predicted octanol–water partition coefficient (Wildman–Crippen LogP) is 1.99. The van der Waals surface area contributed by atoms with Gasteiger partial charge in [-0.3, -0.25) is 4.79 Å². The number of ether oxygens (including phenoxy) is 1. The molecule has 0 aliphatic rings. The Morgan fingerprint density at radius 1 is 1.00 bits per heavy atom. The molecule has 0 saturated carbocycles. The van der Waals surface area contributed by atoms with Crippen molar-refractivity contribution < 1.29 is 14.3 Å². The number of hydrogen-bond acceptors (Lipinski definition) is 4. The van der Waals surface area contributed by atoms with E-state index in [-0.39, 0.29) is 11.9 Å². The fourth-order valence-corrected chi connectivity index (χ4v) is 1.80. The lowest BCUT2D eigenvalue weighted by molar-refractivity contribution is 0.0600. The van der Waals surface area contributed by atoms with E-state index in [0.29, 0.717) is 23.4 Å². The summed E-state index contributed by atoms with van der Waals surface area (Å²) in [5, 5.41) is 2.80. The average molecular weight is 284 g/mol. The summed E-state index contributed by atoms with van der Waals surface area (Å²) >= 11 is 0. The summed E-state index contributed by atoms with van der Waals surface area (Å²) in [6.45, 7) is 0.380. The van der Waals surface area contributed by atoms with Crippen molar-refractivity contribution >= 4 is 17.6 Å².